The molecule has 2 heterocycles. The van der Waals surface area contributed by atoms with Crippen LogP contribution in [0, 0.1) is 5.92 Å². The van der Waals surface area contributed by atoms with E-state index in [2.05, 4.69) is 5.32 Å². The van der Waals surface area contributed by atoms with Crippen LogP contribution >= 0.6 is 0 Å². The van der Waals surface area contributed by atoms with Gasteiger partial charge in [0.25, 0.3) is 0 Å². The van der Waals surface area contributed by atoms with E-state index in [1.54, 1.807) is 11.8 Å². The number of esters is 1. The largest absolute Gasteiger partial charge is 0.466 e. The Morgan fingerprint density at radius 1 is 1.17 bits per heavy atom. The minimum absolute atomic E-state index is 0.178. The first-order valence-corrected chi connectivity index (χ1v) is 8.29. The summed E-state index contributed by atoms with van der Waals surface area (Å²) in [7, 11) is 0. The Hall–Kier alpha value is -1.51. The molecule has 0 aromatic carbocycles. The van der Waals surface area contributed by atoms with Crippen LogP contribution in [0.5, 0.6) is 0 Å². The van der Waals surface area contributed by atoms with Gasteiger partial charge in [-0.15, -0.1) is 0 Å². The second kappa shape index (κ2) is 8.04. The highest BCUT2D eigenvalue weighted by atomic mass is 19.4. The van der Waals surface area contributed by atoms with Gasteiger partial charge < -0.3 is 15.0 Å². The van der Waals surface area contributed by atoms with Crippen LogP contribution in [0.3, 0.4) is 0 Å². The Kier molecular flexibility index (Phi) is 6.31. The van der Waals surface area contributed by atoms with Gasteiger partial charge in [-0.25, -0.2) is 4.79 Å². The number of ether oxygens (including phenoxy) is 1. The highest BCUT2D eigenvalue weighted by Crippen LogP contribution is 2.21. The zero-order chi connectivity index (χ0) is 17.7. The molecule has 0 spiro atoms. The molecule has 0 aromatic heterocycles. The van der Waals surface area contributed by atoms with Crippen LogP contribution in [0.4, 0.5) is 18.0 Å². The van der Waals surface area contributed by atoms with E-state index in [-0.39, 0.29) is 30.5 Å². The van der Waals surface area contributed by atoms with Gasteiger partial charge in [0.05, 0.1) is 19.1 Å². The molecule has 138 valence electrons. The van der Waals surface area contributed by atoms with Crippen molar-refractivity contribution in [1.82, 2.24) is 15.1 Å². The maximum Gasteiger partial charge on any atom is 0.401 e. The van der Waals surface area contributed by atoms with E-state index in [0.29, 0.717) is 45.5 Å². The maximum absolute atomic E-state index is 12.4. The van der Waals surface area contributed by atoms with Gasteiger partial charge in [0.1, 0.15) is 0 Å². The van der Waals surface area contributed by atoms with Gasteiger partial charge in [-0.2, -0.15) is 13.2 Å². The lowest BCUT2D eigenvalue weighted by atomic mass is 9.97. The normalized spacial score (nSPS) is 23.3. The summed E-state index contributed by atoms with van der Waals surface area (Å²) in [5, 5.41) is 2.80. The standard InChI is InChI=1S/C15H24F3N3O3/c1-2-24-13(22)11-3-7-21(8-4-11)14(23)19-12-5-6-20(9-12)10-15(16,17)18/h11-12H,2-10H2,1H3,(H,19,23). The van der Waals surface area contributed by atoms with Crippen LogP contribution in [0.2, 0.25) is 0 Å². The van der Waals surface area contributed by atoms with E-state index in [1.165, 1.54) is 4.90 Å². The predicted molar refractivity (Wildman–Crippen MR) is 80.4 cm³/mol. The monoisotopic (exact) mass is 351 g/mol. The summed E-state index contributed by atoms with van der Waals surface area (Å²) >= 11 is 0. The van der Waals surface area contributed by atoms with Crippen molar-refractivity contribution in [3.63, 3.8) is 0 Å². The Bertz CT molecular complexity index is 451. The summed E-state index contributed by atoms with van der Waals surface area (Å²) in [5.41, 5.74) is 0. The first kappa shape index (κ1) is 18.8. The van der Waals surface area contributed by atoms with Crippen molar-refractivity contribution in [2.24, 2.45) is 5.92 Å². The molecule has 2 rings (SSSR count). The average molecular weight is 351 g/mol. The first-order chi connectivity index (χ1) is 11.3. The summed E-state index contributed by atoms with van der Waals surface area (Å²) in [5.74, 6) is -0.404. The number of hydrogen-bond acceptors (Lipinski definition) is 4. The molecule has 2 amide bonds. The smallest absolute Gasteiger partial charge is 0.401 e. The molecule has 1 unspecified atom stereocenters. The van der Waals surface area contributed by atoms with Gasteiger partial charge in [-0.3, -0.25) is 9.69 Å². The molecule has 0 radical (unpaired) electrons. The summed E-state index contributed by atoms with van der Waals surface area (Å²) in [4.78, 5) is 26.8. The minimum atomic E-state index is -4.21. The molecular formula is C15H24F3N3O3. The number of likely N-dealkylation sites (tertiary alicyclic amines) is 2. The molecule has 0 aromatic rings. The van der Waals surface area contributed by atoms with E-state index < -0.39 is 12.7 Å². The van der Waals surface area contributed by atoms with E-state index in [4.69, 9.17) is 4.74 Å². The third-order valence-electron chi connectivity index (χ3n) is 4.40. The third kappa shape index (κ3) is 5.54. The molecule has 24 heavy (non-hydrogen) atoms. The summed E-state index contributed by atoms with van der Waals surface area (Å²) < 4.78 is 42.1. The second-order valence-electron chi connectivity index (χ2n) is 6.30. The lowest BCUT2D eigenvalue weighted by molar-refractivity contribution is -0.149. The number of piperidine rings is 1. The van der Waals surface area contributed by atoms with Gasteiger partial charge in [-0.1, -0.05) is 0 Å². The predicted octanol–water partition coefficient (Wildman–Crippen LogP) is 1.61. The SMILES string of the molecule is CCOC(=O)C1CCN(C(=O)NC2CCN(CC(F)(F)F)C2)CC1. The molecule has 2 aliphatic heterocycles. The Balaban J connectivity index is 1.72. The van der Waals surface area contributed by atoms with Crippen LogP contribution in [-0.4, -0.2) is 73.3 Å². The highest BCUT2D eigenvalue weighted by Gasteiger charge is 2.35. The number of urea groups is 1. The lowest BCUT2D eigenvalue weighted by Gasteiger charge is -2.31. The molecule has 0 saturated carbocycles. The second-order valence-corrected chi connectivity index (χ2v) is 6.30. The zero-order valence-corrected chi connectivity index (χ0v) is 13.8. The Morgan fingerprint density at radius 2 is 1.83 bits per heavy atom. The van der Waals surface area contributed by atoms with Crippen molar-refractivity contribution >= 4 is 12.0 Å². The number of hydrogen-bond donors (Lipinski definition) is 1. The topological polar surface area (TPSA) is 61.9 Å². The van der Waals surface area contributed by atoms with Crippen molar-refractivity contribution in [2.75, 3.05) is 39.3 Å². The van der Waals surface area contributed by atoms with E-state index in [9.17, 15) is 22.8 Å². The Labute approximate surface area is 139 Å². The van der Waals surface area contributed by atoms with Gasteiger partial charge in [0.2, 0.25) is 0 Å². The molecule has 0 aliphatic carbocycles. The van der Waals surface area contributed by atoms with Crippen LogP contribution in [0.25, 0.3) is 0 Å². The molecule has 1 N–H and O–H groups in total. The Morgan fingerprint density at radius 3 is 2.42 bits per heavy atom. The summed E-state index contributed by atoms with van der Waals surface area (Å²) in [6.45, 7) is 2.60. The van der Waals surface area contributed by atoms with Crippen LogP contribution < -0.4 is 5.32 Å². The number of carbonyl (C=O) groups is 2. The van der Waals surface area contributed by atoms with E-state index >= 15 is 0 Å². The fourth-order valence-corrected chi connectivity index (χ4v) is 3.19. The average Bonchev–Trinajstić information content (AvgIpc) is 2.92. The van der Waals surface area contributed by atoms with E-state index in [1.807, 2.05) is 0 Å². The summed E-state index contributed by atoms with van der Waals surface area (Å²) in [6.07, 6.45) is -2.59. The third-order valence-corrected chi connectivity index (χ3v) is 4.40. The number of rotatable bonds is 4. The molecule has 6 nitrogen and oxygen atoms in total. The lowest BCUT2D eigenvalue weighted by Crippen LogP contribution is -2.49. The van der Waals surface area contributed by atoms with Gasteiger partial charge in [-0.05, 0) is 26.2 Å². The van der Waals surface area contributed by atoms with E-state index in [0.717, 1.165) is 0 Å². The van der Waals surface area contributed by atoms with Gasteiger partial charge >= 0.3 is 18.2 Å². The maximum atomic E-state index is 12.4. The first-order valence-electron chi connectivity index (χ1n) is 8.29. The molecule has 0 bridgehead atoms. The number of carbonyl (C=O) groups excluding carboxylic acids is 2. The molecule has 2 aliphatic rings. The quantitative estimate of drug-likeness (QED) is 0.782. The number of halogens is 3. The highest BCUT2D eigenvalue weighted by molar-refractivity contribution is 5.76. The molecule has 1 atom stereocenters. The van der Waals surface area contributed by atoms with Gasteiger partial charge in [0, 0.05) is 32.2 Å². The summed E-state index contributed by atoms with van der Waals surface area (Å²) in [6, 6.07) is -0.529. The fraction of sp³-hybridized carbons (Fsp3) is 0.867. The van der Waals surface area contributed by atoms with Crippen molar-refractivity contribution in [1.29, 1.82) is 0 Å². The van der Waals surface area contributed by atoms with Crippen molar-refractivity contribution in [2.45, 2.75) is 38.4 Å². The van der Waals surface area contributed by atoms with Crippen molar-refractivity contribution < 1.29 is 27.5 Å². The number of nitrogens with zero attached hydrogens (tertiary/aromatic N) is 2. The van der Waals surface area contributed by atoms with Crippen LogP contribution in [0.1, 0.15) is 26.2 Å². The minimum Gasteiger partial charge on any atom is -0.466 e. The van der Waals surface area contributed by atoms with Crippen molar-refractivity contribution in [3.8, 4) is 0 Å². The molecule has 9 heteroatoms. The van der Waals surface area contributed by atoms with Crippen LogP contribution in [0.15, 0.2) is 0 Å². The van der Waals surface area contributed by atoms with Crippen LogP contribution in [-0.2, 0) is 9.53 Å². The molecule has 2 saturated heterocycles. The number of nitrogens with one attached hydrogen (secondary N) is 1. The fourth-order valence-electron chi connectivity index (χ4n) is 3.19. The number of amides is 2. The number of alkyl halides is 3. The molecule has 2 fully saturated rings. The zero-order valence-electron chi connectivity index (χ0n) is 13.8. The van der Waals surface area contributed by atoms with Gasteiger partial charge in [0.15, 0.2) is 0 Å². The molecular weight excluding hydrogens is 327 g/mol. The van der Waals surface area contributed by atoms with Crippen molar-refractivity contribution in [3.05, 3.63) is 0 Å².